The Hall–Kier alpha value is -1.06. The highest BCUT2D eigenvalue weighted by Gasteiger charge is 2.25. The van der Waals surface area contributed by atoms with Gasteiger partial charge in [-0.3, -0.25) is 4.79 Å². The van der Waals surface area contributed by atoms with Gasteiger partial charge in [0.05, 0.1) is 5.54 Å². The SMILES string of the molecule is CCC(CC)(CN)NC(=O)CCc1ccc(C)cc1.Cl. The van der Waals surface area contributed by atoms with E-state index < -0.39 is 0 Å². The maximum absolute atomic E-state index is 12.0. The number of nitrogens with one attached hydrogen (secondary N) is 1. The van der Waals surface area contributed by atoms with Crippen LogP contribution in [0.15, 0.2) is 24.3 Å². The molecule has 4 heteroatoms. The molecule has 1 amide bonds. The van der Waals surface area contributed by atoms with E-state index in [0.717, 1.165) is 19.3 Å². The quantitative estimate of drug-likeness (QED) is 0.813. The fourth-order valence-corrected chi connectivity index (χ4v) is 2.14. The summed E-state index contributed by atoms with van der Waals surface area (Å²) in [5, 5.41) is 3.10. The molecular weight excluding hydrogens is 272 g/mol. The van der Waals surface area contributed by atoms with Crippen molar-refractivity contribution in [3.63, 3.8) is 0 Å². The summed E-state index contributed by atoms with van der Waals surface area (Å²) >= 11 is 0. The number of amides is 1. The smallest absolute Gasteiger partial charge is 0.220 e. The fourth-order valence-electron chi connectivity index (χ4n) is 2.14. The van der Waals surface area contributed by atoms with Gasteiger partial charge in [-0.1, -0.05) is 43.7 Å². The first-order chi connectivity index (χ1) is 9.05. The van der Waals surface area contributed by atoms with Gasteiger partial charge in [-0.2, -0.15) is 0 Å². The van der Waals surface area contributed by atoms with Crippen molar-refractivity contribution < 1.29 is 4.79 Å². The molecule has 3 N–H and O–H groups in total. The maximum atomic E-state index is 12.0. The zero-order valence-electron chi connectivity index (χ0n) is 12.7. The molecule has 0 fully saturated rings. The second kappa shape index (κ2) is 8.98. The van der Waals surface area contributed by atoms with Crippen molar-refractivity contribution in [2.24, 2.45) is 5.73 Å². The Morgan fingerprint density at radius 1 is 1.20 bits per heavy atom. The first-order valence-electron chi connectivity index (χ1n) is 7.12. The molecule has 0 aromatic heterocycles. The highest BCUT2D eigenvalue weighted by Crippen LogP contribution is 2.14. The number of halogens is 1. The molecule has 3 nitrogen and oxygen atoms in total. The number of hydrogen-bond donors (Lipinski definition) is 2. The molecule has 0 spiro atoms. The summed E-state index contributed by atoms with van der Waals surface area (Å²) in [7, 11) is 0. The molecule has 0 radical (unpaired) electrons. The third-order valence-electron chi connectivity index (χ3n) is 3.91. The summed E-state index contributed by atoms with van der Waals surface area (Å²) < 4.78 is 0. The lowest BCUT2D eigenvalue weighted by Crippen LogP contribution is -2.52. The summed E-state index contributed by atoms with van der Waals surface area (Å²) in [5.74, 6) is 0.0923. The summed E-state index contributed by atoms with van der Waals surface area (Å²) in [5.41, 5.74) is 8.00. The Labute approximate surface area is 128 Å². The molecule has 0 aliphatic rings. The molecule has 0 aliphatic carbocycles. The van der Waals surface area contributed by atoms with E-state index in [1.807, 2.05) is 0 Å². The highest BCUT2D eigenvalue weighted by atomic mass is 35.5. The molecule has 0 heterocycles. The first-order valence-corrected chi connectivity index (χ1v) is 7.12. The van der Waals surface area contributed by atoms with Crippen LogP contribution in [-0.4, -0.2) is 18.0 Å². The van der Waals surface area contributed by atoms with Gasteiger partial charge in [0.1, 0.15) is 0 Å². The molecule has 0 aliphatic heterocycles. The van der Waals surface area contributed by atoms with Gasteiger partial charge in [-0.15, -0.1) is 12.4 Å². The van der Waals surface area contributed by atoms with Gasteiger partial charge in [0.15, 0.2) is 0 Å². The van der Waals surface area contributed by atoms with Crippen molar-refractivity contribution >= 4 is 18.3 Å². The Balaban J connectivity index is 0.00000361. The molecule has 1 aromatic rings. The monoisotopic (exact) mass is 298 g/mol. The molecule has 20 heavy (non-hydrogen) atoms. The zero-order valence-corrected chi connectivity index (χ0v) is 13.6. The third kappa shape index (κ3) is 5.51. The average Bonchev–Trinajstić information content (AvgIpc) is 2.44. The number of nitrogens with two attached hydrogens (primary N) is 1. The second-order valence-electron chi connectivity index (χ2n) is 5.23. The lowest BCUT2D eigenvalue weighted by atomic mass is 9.92. The Bertz CT molecular complexity index is 391. The number of rotatable bonds is 7. The highest BCUT2D eigenvalue weighted by molar-refractivity contribution is 5.85. The molecule has 1 rings (SSSR count). The van der Waals surface area contributed by atoms with Crippen molar-refractivity contribution in [2.45, 2.75) is 52.0 Å². The standard InChI is InChI=1S/C16H26N2O.ClH/c1-4-16(5-2,12-17)18-15(19)11-10-14-8-6-13(3)7-9-14;/h6-9H,4-5,10-12,17H2,1-3H3,(H,18,19);1H. The van der Waals surface area contributed by atoms with E-state index in [-0.39, 0.29) is 23.9 Å². The van der Waals surface area contributed by atoms with Crippen LogP contribution in [0.2, 0.25) is 0 Å². The minimum Gasteiger partial charge on any atom is -0.349 e. The normalized spacial score (nSPS) is 10.8. The molecule has 1 aromatic carbocycles. The van der Waals surface area contributed by atoms with Gasteiger partial charge >= 0.3 is 0 Å². The summed E-state index contributed by atoms with van der Waals surface area (Å²) in [4.78, 5) is 12.0. The van der Waals surface area contributed by atoms with Crippen LogP contribution in [0.25, 0.3) is 0 Å². The average molecular weight is 299 g/mol. The molecule has 0 atom stereocenters. The number of benzene rings is 1. The van der Waals surface area contributed by atoms with Crippen molar-refractivity contribution in [3.8, 4) is 0 Å². The summed E-state index contributed by atoms with van der Waals surface area (Å²) in [6, 6.07) is 8.32. The Morgan fingerprint density at radius 3 is 2.20 bits per heavy atom. The van der Waals surface area contributed by atoms with Crippen LogP contribution in [-0.2, 0) is 11.2 Å². The van der Waals surface area contributed by atoms with E-state index in [9.17, 15) is 4.79 Å². The molecule has 0 unspecified atom stereocenters. The molecular formula is C16H27ClN2O. The van der Waals surface area contributed by atoms with E-state index in [1.165, 1.54) is 11.1 Å². The summed E-state index contributed by atoms with van der Waals surface area (Å²) in [6.07, 6.45) is 3.04. The van der Waals surface area contributed by atoms with Crippen molar-refractivity contribution in [1.82, 2.24) is 5.32 Å². The summed E-state index contributed by atoms with van der Waals surface area (Å²) in [6.45, 7) is 6.69. The van der Waals surface area contributed by atoms with E-state index in [1.54, 1.807) is 0 Å². The zero-order chi connectivity index (χ0) is 14.3. The van der Waals surface area contributed by atoms with Gasteiger partial charge in [-0.05, 0) is 31.7 Å². The van der Waals surface area contributed by atoms with Gasteiger partial charge in [-0.25, -0.2) is 0 Å². The topological polar surface area (TPSA) is 55.1 Å². The van der Waals surface area contributed by atoms with Crippen LogP contribution in [0.5, 0.6) is 0 Å². The third-order valence-corrected chi connectivity index (χ3v) is 3.91. The van der Waals surface area contributed by atoms with Gasteiger partial charge in [0, 0.05) is 13.0 Å². The number of hydrogen-bond acceptors (Lipinski definition) is 2. The second-order valence-corrected chi connectivity index (χ2v) is 5.23. The fraction of sp³-hybridized carbons (Fsp3) is 0.562. The lowest BCUT2D eigenvalue weighted by molar-refractivity contribution is -0.123. The molecule has 0 saturated heterocycles. The van der Waals surface area contributed by atoms with E-state index in [0.29, 0.717) is 13.0 Å². The molecule has 114 valence electrons. The maximum Gasteiger partial charge on any atom is 0.220 e. The minimum atomic E-state index is -0.232. The van der Waals surface area contributed by atoms with E-state index in [2.05, 4.69) is 50.4 Å². The molecule has 0 bridgehead atoms. The number of carbonyl (C=O) groups is 1. The predicted molar refractivity (Wildman–Crippen MR) is 87.3 cm³/mol. The van der Waals surface area contributed by atoms with Crippen LogP contribution >= 0.6 is 12.4 Å². The largest absolute Gasteiger partial charge is 0.349 e. The van der Waals surface area contributed by atoms with Crippen LogP contribution in [0.4, 0.5) is 0 Å². The minimum absolute atomic E-state index is 0. The first kappa shape index (κ1) is 18.9. The van der Waals surface area contributed by atoms with Crippen molar-refractivity contribution in [2.75, 3.05) is 6.54 Å². The van der Waals surface area contributed by atoms with Crippen molar-refractivity contribution in [1.29, 1.82) is 0 Å². The molecule has 0 saturated carbocycles. The number of carbonyl (C=O) groups excluding carboxylic acids is 1. The van der Waals surface area contributed by atoms with Crippen LogP contribution in [0, 0.1) is 6.92 Å². The Kier molecular flexibility index (Phi) is 8.51. The predicted octanol–water partition coefficient (Wildman–Crippen LogP) is 2.98. The van der Waals surface area contributed by atoms with Crippen LogP contribution in [0.1, 0.15) is 44.2 Å². The van der Waals surface area contributed by atoms with Crippen LogP contribution in [0.3, 0.4) is 0 Å². The number of aryl methyl sites for hydroxylation is 2. The van der Waals surface area contributed by atoms with Gasteiger partial charge in [0.2, 0.25) is 5.91 Å². The van der Waals surface area contributed by atoms with E-state index >= 15 is 0 Å². The van der Waals surface area contributed by atoms with Crippen LogP contribution < -0.4 is 11.1 Å². The lowest BCUT2D eigenvalue weighted by Gasteiger charge is -2.31. The Morgan fingerprint density at radius 2 is 1.75 bits per heavy atom. The van der Waals surface area contributed by atoms with Gasteiger partial charge in [0.25, 0.3) is 0 Å². The van der Waals surface area contributed by atoms with Crippen molar-refractivity contribution in [3.05, 3.63) is 35.4 Å². The van der Waals surface area contributed by atoms with Gasteiger partial charge < -0.3 is 11.1 Å². The van der Waals surface area contributed by atoms with E-state index in [4.69, 9.17) is 5.73 Å².